The van der Waals surface area contributed by atoms with E-state index >= 15 is 0 Å². The minimum atomic E-state index is 0.567. The Labute approximate surface area is 146 Å². The van der Waals surface area contributed by atoms with E-state index in [2.05, 4.69) is 15.4 Å². The lowest BCUT2D eigenvalue weighted by atomic mass is 10.2. The molecule has 1 aromatic carbocycles. The Morgan fingerprint density at radius 1 is 1.30 bits per heavy atom. The van der Waals surface area contributed by atoms with E-state index in [9.17, 15) is 0 Å². The molecule has 2 aromatic rings. The van der Waals surface area contributed by atoms with Crippen molar-refractivity contribution in [3.8, 4) is 0 Å². The maximum absolute atomic E-state index is 6.06. The maximum Gasteiger partial charge on any atom is 0.193 e. The molecule has 0 bridgehead atoms. The van der Waals surface area contributed by atoms with E-state index in [4.69, 9.17) is 23.2 Å². The van der Waals surface area contributed by atoms with E-state index in [1.165, 1.54) is 5.56 Å². The molecule has 1 N–H and O–H groups in total. The zero-order valence-electron chi connectivity index (χ0n) is 13.6. The fraction of sp³-hybridized carbons (Fsp3) is 0.375. The first kappa shape index (κ1) is 17.6. The lowest BCUT2D eigenvalue weighted by Gasteiger charge is -2.22. The van der Waals surface area contributed by atoms with Gasteiger partial charge in [0.1, 0.15) is 0 Å². The van der Waals surface area contributed by atoms with Crippen LogP contribution in [0.4, 0.5) is 0 Å². The summed E-state index contributed by atoms with van der Waals surface area (Å²) in [6.07, 6.45) is 4.79. The van der Waals surface area contributed by atoms with Crippen molar-refractivity contribution in [2.45, 2.75) is 13.0 Å². The van der Waals surface area contributed by atoms with E-state index in [0.29, 0.717) is 16.6 Å². The number of hydrogen-bond acceptors (Lipinski definition) is 2. The molecule has 23 heavy (non-hydrogen) atoms. The van der Waals surface area contributed by atoms with Gasteiger partial charge in [0, 0.05) is 40.4 Å². The molecule has 0 radical (unpaired) electrons. The van der Waals surface area contributed by atoms with Crippen LogP contribution in [0.2, 0.25) is 10.0 Å². The summed E-state index contributed by atoms with van der Waals surface area (Å²) in [7, 11) is 5.68. The van der Waals surface area contributed by atoms with E-state index in [-0.39, 0.29) is 0 Å². The Hall–Kier alpha value is -1.72. The van der Waals surface area contributed by atoms with Crippen molar-refractivity contribution in [3.63, 3.8) is 0 Å². The van der Waals surface area contributed by atoms with Crippen LogP contribution in [0, 0.1) is 0 Å². The number of nitrogens with one attached hydrogen (secondary N) is 1. The van der Waals surface area contributed by atoms with Crippen LogP contribution in [-0.4, -0.2) is 41.3 Å². The Balaban J connectivity index is 1.88. The van der Waals surface area contributed by atoms with Gasteiger partial charge in [-0.05, 0) is 29.7 Å². The van der Waals surface area contributed by atoms with Crippen molar-refractivity contribution in [1.29, 1.82) is 0 Å². The highest BCUT2D eigenvalue weighted by atomic mass is 35.5. The third-order valence-electron chi connectivity index (χ3n) is 3.43. The molecule has 7 heteroatoms. The normalized spacial score (nSPS) is 11.6. The molecule has 1 heterocycles. The molecule has 0 spiro atoms. The second-order valence-electron chi connectivity index (χ2n) is 5.35. The Morgan fingerprint density at radius 3 is 2.70 bits per heavy atom. The molecule has 1 aromatic heterocycles. The Bertz CT molecular complexity index is 681. The zero-order valence-corrected chi connectivity index (χ0v) is 15.1. The van der Waals surface area contributed by atoms with Crippen LogP contribution in [0.3, 0.4) is 0 Å². The van der Waals surface area contributed by atoms with Gasteiger partial charge in [-0.3, -0.25) is 9.67 Å². The van der Waals surface area contributed by atoms with E-state index in [0.717, 1.165) is 24.5 Å². The summed E-state index contributed by atoms with van der Waals surface area (Å²) in [5.41, 5.74) is 2.28. The van der Waals surface area contributed by atoms with Crippen molar-refractivity contribution in [2.75, 3.05) is 20.6 Å². The fourth-order valence-corrected chi connectivity index (χ4v) is 2.61. The molecule has 0 saturated heterocycles. The largest absolute Gasteiger partial charge is 0.356 e. The summed E-state index contributed by atoms with van der Waals surface area (Å²) in [5, 5.41) is 8.65. The highest BCUT2D eigenvalue weighted by Gasteiger charge is 2.08. The van der Waals surface area contributed by atoms with Crippen LogP contribution < -0.4 is 5.32 Å². The van der Waals surface area contributed by atoms with Crippen LogP contribution in [0.5, 0.6) is 0 Å². The average molecular weight is 354 g/mol. The van der Waals surface area contributed by atoms with Gasteiger partial charge in [-0.2, -0.15) is 5.10 Å². The molecule has 124 valence electrons. The van der Waals surface area contributed by atoms with E-state index < -0.39 is 0 Å². The molecule has 0 atom stereocenters. The number of hydrogen-bond donors (Lipinski definition) is 1. The Kier molecular flexibility index (Phi) is 6.30. The fourth-order valence-electron chi connectivity index (χ4n) is 2.29. The molecule has 0 aliphatic carbocycles. The SMILES string of the molecule is CN=C(NCCc1cnn(C)c1)N(C)Cc1ccc(Cl)c(Cl)c1. The second-order valence-corrected chi connectivity index (χ2v) is 6.17. The van der Waals surface area contributed by atoms with Crippen molar-refractivity contribution in [3.05, 3.63) is 51.8 Å². The smallest absolute Gasteiger partial charge is 0.193 e. The number of aryl methyl sites for hydroxylation is 1. The lowest BCUT2D eigenvalue weighted by Crippen LogP contribution is -2.39. The van der Waals surface area contributed by atoms with Gasteiger partial charge in [-0.15, -0.1) is 0 Å². The van der Waals surface area contributed by atoms with E-state index in [1.54, 1.807) is 11.7 Å². The summed E-state index contributed by atoms with van der Waals surface area (Å²) in [6, 6.07) is 5.66. The van der Waals surface area contributed by atoms with Gasteiger partial charge >= 0.3 is 0 Å². The summed E-state index contributed by atoms with van der Waals surface area (Å²) in [5.74, 6) is 0.833. The molecule has 0 amide bonds. The first-order valence-electron chi connectivity index (χ1n) is 7.33. The highest BCUT2D eigenvalue weighted by molar-refractivity contribution is 6.42. The van der Waals surface area contributed by atoms with E-state index in [1.807, 2.05) is 49.6 Å². The molecular formula is C16H21Cl2N5. The number of halogens is 2. The van der Waals surface area contributed by atoms with Crippen LogP contribution in [0.15, 0.2) is 35.6 Å². The molecule has 0 fully saturated rings. The van der Waals surface area contributed by atoms with Crippen LogP contribution in [0.1, 0.15) is 11.1 Å². The van der Waals surface area contributed by atoms with Crippen molar-refractivity contribution in [1.82, 2.24) is 20.0 Å². The minimum Gasteiger partial charge on any atom is -0.356 e. The van der Waals surface area contributed by atoms with Crippen LogP contribution in [0.25, 0.3) is 0 Å². The standard InChI is InChI=1S/C16H21Cl2N5/c1-19-16(20-7-6-13-9-21-23(3)11-13)22(2)10-12-4-5-14(17)15(18)8-12/h4-5,8-9,11H,6-7,10H2,1-3H3,(H,19,20). The molecule has 0 aliphatic heterocycles. The summed E-state index contributed by atoms with van der Waals surface area (Å²) >= 11 is 12.0. The second kappa shape index (κ2) is 8.22. The van der Waals surface area contributed by atoms with Gasteiger partial charge in [0.2, 0.25) is 0 Å². The van der Waals surface area contributed by atoms with Crippen LogP contribution in [-0.2, 0) is 20.0 Å². The summed E-state index contributed by atoms with van der Waals surface area (Å²) < 4.78 is 1.81. The summed E-state index contributed by atoms with van der Waals surface area (Å²) in [6.45, 7) is 1.49. The number of nitrogens with zero attached hydrogens (tertiary/aromatic N) is 4. The van der Waals surface area contributed by atoms with Crippen molar-refractivity contribution < 1.29 is 0 Å². The predicted octanol–water partition coefficient (Wildman–Crippen LogP) is 2.98. The van der Waals surface area contributed by atoms with Crippen LogP contribution >= 0.6 is 23.2 Å². The quantitative estimate of drug-likeness (QED) is 0.663. The first-order chi connectivity index (χ1) is 11.0. The third kappa shape index (κ3) is 5.15. The van der Waals surface area contributed by atoms with Gasteiger partial charge < -0.3 is 10.2 Å². The minimum absolute atomic E-state index is 0.567. The third-order valence-corrected chi connectivity index (χ3v) is 4.17. The van der Waals surface area contributed by atoms with Gasteiger partial charge in [0.25, 0.3) is 0 Å². The van der Waals surface area contributed by atoms with Crippen molar-refractivity contribution >= 4 is 29.2 Å². The predicted molar refractivity (Wildman–Crippen MR) is 96.2 cm³/mol. The first-order valence-corrected chi connectivity index (χ1v) is 8.08. The number of aliphatic imine (C=N–C) groups is 1. The number of aromatic nitrogens is 2. The van der Waals surface area contributed by atoms with Gasteiger partial charge in [-0.25, -0.2) is 0 Å². The molecule has 0 saturated carbocycles. The average Bonchev–Trinajstić information content (AvgIpc) is 2.93. The molecule has 2 rings (SSSR count). The van der Waals surface area contributed by atoms with Gasteiger partial charge in [-0.1, -0.05) is 29.3 Å². The van der Waals surface area contributed by atoms with Gasteiger partial charge in [0.05, 0.1) is 16.2 Å². The van der Waals surface area contributed by atoms with Crippen molar-refractivity contribution in [2.24, 2.45) is 12.0 Å². The molecular weight excluding hydrogens is 333 g/mol. The van der Waals surface area contributed by atoms with Gasteiger partial charge in [0.15, 0.2) is 5.96 Å². The molecule has 0 unspecified atom stereocenters. The number of guanidine groups is 1. The monoisotopic (exact) mass is 353 g/mol. The number of rotatable bonds is 5. The Morgan fingerprint density at radius 2 is 2.09 bits per heavy atom. The highest BCUT2D eigenvalue weighted by Crippen LogP contribution is 2.23. The zero-order chi connectivity index (χ0) is 16.8. The maximum atomic E-state index is 6.06. The topological polar surface area (TPSA) is 45.5 Å². The number of benzene rings is 1. The molecule has 5 nitrogen and oxygen atoms in total. The molecule has 0 aliphatic rings. The lowest BCUT2D eigenvalue weighted by molar-refractivity contribution is 0.477. The summed E-state index contributed by atoms with van der Waals surface area (Å²) in [4.78, 5) is 6.36.